The van der Waals surface area contributed by atoms with E-state index in [2.05, 4.69) is 15.3 Å². The Bertz CT molecular complexity index is 815. The molecular weight excluding hydrogens is 300 g/mol. The summed E-state index contributed by atoms with van der Waals surface area (Å²) in [5, 5.41) is 3.31. The Balaban J connectivity index is 1.82. The fourth-order valence-electron chi connectivity index (χ4n) is 2.09. The zero-order chi connectivity index (χ0) is 15.7. The van der Waals surface area contributed by atoms with Crippen LogP contribution in [0.15, 0.2) is 28.9 Å². The molecule has 0 saturated carbocycles. The van der Waals surface area contributed by atoms with Gasteiger partial charge in [-0.25, -0.2) is 9.97 Å². The molecule has 0 radical (unpaired) electrons. The Hall–Kier alpha value is -2.41. The molecule has 114 valence electrons. The van der Waals surface area contributed by atoms with Crippen molar-refractivity contribution in [3.8, 4) is 10.7 Å². The molecule has 0 aliphatic rings. The van der Waals surface area contributed by atoms with Gasteiger partial charge in [-0.05, 0) is 19.1 Å². The minimum absolute atomic E-state index is 0.292. The molecule has 0 saturated heterocycles. The van der Waals surface area contributed by atoms with Crippen molar-refractivity contribution in [2.24, 2.45) is 7.05 Å². The van der Waals surface area contributed by atoms with Crippen molar-refractivity contribution in [3.05, 3.63) is 41.7 Å². The van der Waals surface area contributed by atoms with Crippen LogP contribution in [0.25, 0.3) is 10.7 Å². The average Bonchev–Trinajstić information content (AvgIpc) is 3.19. The molecule has 3 aromatic heterocycles. The van der Waals surface area contributed by atoms with E-state index in [4.69, 9.17) is 4.42 Å². The Morgan fingerprint density at radius 1 is 1.45 bits per heavy atom. The van der Waals surface area contributed by atoms with Crippen molar-refractivity contribution in [1.29, 1.82) is 0 Å². The second-order valence-electron chi connectivity index (χ2n) is 4.87. The van der Waals surface area contributed by atoms with Gasteiger partial charge >= 0.3 is 0 Å². The van der Waals surface area contributed by atoms with Crippen LogP contribution in [0.3, 0.4) is 0 Å². The van der Waals surface area contributed by atoms with Gasteiger partial charge in [0.2, 0.25) is 0 Å². The second-order valence-corrected chi connectivity index (χ2v) is 5.87. The summed E-state index contributed by atoms with van der Waals surface area (Å²) in [4.78, 5) is 21.8. The topological polar surface area (TPSA) is 73.0 Å². The molecule has 0 aromatic carbocycles. The Kier molecular flexibility index (Phi) is 3.81. The molecule has 1 amide bonds. The minimum Gasteiger partial charge on any atom is -0.456 e. The molecule has 1 N–H and O–H groups in total. The summed E-state index contributed by atoms with van der Waals surface area (Å²) < 4.78 is 7.37. The number of anilines is 1. The van der Waals surface area contributed by atoms with Gasteiger partial charge in [0, 0.05) is 25.9 Å². The van der Waals surface area contributed by atoms with Crippen LogP contribution in [0.4, 0.5) is 5.13 Å². The fourth-order valence-corrected chi connectivity index (χ4v) is 3.09. The van der Waals surface area contributed by atoms with Crippen LogP contribution in [0, 0.1) is 6.92 Å². The van der Waals surface area contributed by atoms with E-state index in [0.717, 1.165) is 28.6 Å². The summed E-state index contributed by atoms with van der Waals surface area (Å²) in [5.41, 5.74) is 0.836. The van der Waals surface area contributed by atoms with E-state index < -0.39 is 0 Å². The molecule has 0 aliphatic carbocycles. The normalized spacial score (nSPS) is 10.9. The Morgan fingerprint density at radius 3 is 2.91 bits per heavy atom. The first-order chi connectivity index (χ1) is 10.6. The van der Waals surface area contributed by atoms with E-state index in [1.807, 2.05) is 31.7 Å². The predicted octanol–water partition coefficient (Wildman–Crippen LogP) is 3.26. The van der Waals surface area contributed by atoms with E-state index in [1.54, 1.807) is 18.3 Å². The number of nitrogens with one attached hydrogen (secondary N) is 1. The zero-order valence-corrected chi connectivity index (χ0v) is 13.4. The molecule has 0 spiro atoms. The maximum absolute atomic E-state index is 12.2. The highest BCUT2D eigenvalue weighted by atomic mass is 32.1. The number of rotatable bonds is 4. The number of carbonyl (C=O) groups excluding carboxylic acids is 1. The first kappa shape index (κ1) is 14.5. The van der Waals surface area contributed by atoms with Crippen LogP contribution in [-0.2, 0) is 13.5 Å². The molecule has 0 unspecified atom stereocenters. The SMILES string of the molecule is CCc1ccc(C(=O)Nc2nc(C)c(-c3nccn3C)s2)o1. The van der Waals surface area contributed by atoms with E-state index in [9.17, 15) is 4.79 Å². The summed E-state index contributed by atoms with van der Waals surface area (Å²) in [6.45, 7) is 3.88. The average molecular weight is 316 g/mol. The number of amides is 1. The van der Waals surface area contributed by atoms with Gasteiger partial charge in [0.1, 0.15) is 5.76 Å². The smallest absolute Gasteiger partial charge is 0.293 e. The molecule has 0 atom stereocenters. The van der Waals surface area contributed by atoms with Gasteiger partial charge in [0.05, 0.1) is 10.6 Å². The monoisotopic (exact) mass is 316 g/mol. The minimum atomic E-state index is -0.292. The second kappa shape index (κ2) is 5.76. The van der Waals surface area contributed by atoms with E-state index in [-0.39, 0.29) is 5.91 Å². The number of hydrogen-bond acceptors (Lipinski definition) is 5. The summed E-state index contributed by atoms with van der Waals surface area (Å²) in [6, 6.07) is 3.48. The van der Waals surface area contributed by atoms with Gasteiger partial charge in [-0.2, -0.15) is 0 Å². The van der Waals surface area contributed by atoms with Gasteiger partial charge in [0.15, 0.2) is 16.7 Å². The standard InChI is InChI=1S/C15H16N4O2S/c1-4-10-5-6-11(21-10)14(20)18-15-17-9(2)12(22-15)13-16-7-8-19(13)3/h5-8H,4H2,1-3H3,(H,17,18,20). The van der Waals surface area contributed by atoms with Crippen molar-refractivity contribution in [2.45, 2.75) is 20.3 Å². The van der Waals surface area contributed by atoms with Crippen molar-refractivity contribution >= 4 is 22.4 Å². The van der Waals surface area contributed by atoms with Gasteiger partial charge in [-0.3, -0.25) is 10.1 Å². The lowest BCUT2D eigenvalue weighted by Crippen LogP contribution is -2.10. The number of imidazole rings is 1. The zero-order valence-electron chi connectivity index (χ0n) is 12.6. The van der Waals surface area contributed by atoms with Gasteiger partial charge in [-0.15, -0.1) is 0 Å². The van der Waals surface area contributed by atoms with Gasteiger partial charge in [-0.1, -0.05) is 18.3 Å². The van der Waals surface area contributed by atoms with Crippen LogP contribution in [0.2, 0.25) is 0 Å². The lowest BCUT2D eigenvalue weighted by Gasteiger charge is -1.98. The lowest BCUT2D eigenvalue weighted by molar-refractivity contribution is 0.0995. The fraction of sp³-hybridized carbons (Fsp3) is 0.267. The molecule has 3 heterocycles. The van der Waals surface area contributed by atoms with Crippen LogP contribution in [0.1, 0.15) is 28.9 Å². The van der Waals surface area contributed by atoms with Crippen LogP contribution in [0.5, 0.6) is 0 Å². The Morgan fingerprint density at radius 2 is 2.27 bits per heavy atom. The number of nitrogens with zero attached hydrogens (tertiary/aromatic N) is 3. The molecule has 0 aliphatic heterocycles. The van der Waals surface area contributed by atoms with E-state index in [0.29, 0.717) is 10.9 Å². The third-order valence-electron chi connectivity index (χ3n) is 3.28. The van der Waals surface area contributed by atoms with Crippen LogP contribution < -0.4 is 5.32 Å². The molecule has 22 heavy (non-hydrogen) atoms. The third kappa shape index (κ3) is 2.67. The van der Waals surface area contributed by atoms with E-state index >= 15 is 0 Å². The highest BCUT2D eigenvalue weighted by Crippen LogP contribution is 2.31. The van der Waals surface area contributed by atoms with Gasteiger partial charge < -0.3 is 8.98 Å². The van der Waals surface area contributed by atoms with Crippen LogP contribution >= 0.6 is 11.3 Å². The first-order valence-corrected chi connectivity index (χ1v) is 7.75. The quantitative estimate of drug-likeness (QED) is 0.802. The lowest BCUT2D eigenvalue weighted by atomic mass is 10.3. The maximum Gasteiger partial charge on any atom is 0.293 e. The largest absolute Gasteiger partial charge is 0.456 e. The summed E-state index contributed by atoms with van der Waals surface area (Å²) in [6.07, 6.45) is 4.37. The maximum atomic E-state index is 12.2. The van der Waals surface area contributed by atoms with Crippen LogP contribution in [-0.4, -0.2) is 20.4 Å². The Labute approximate surface area is 131 Å². The van der Waals surface area contributed by atoms with Gasteiger partial charge in [0.25, 0.3) is 5.91 Å². The van der Waals surface area contributed by atoms with Crippen molar-refractivity contribution in [1.82, 2.24) is 14.5 Å². The molecule has 7 heteroatoms. The number of carbonyl (C=O) groups is 1. The first-order valence-electron chi connectivity index (χ1n) is 6.93. The molecule has 0 fully saturated rings. The number of furan rings is 1. The summed E-state index contributed by atoms with van der Waals surface area (Å²) >= 11 is 1.40. The molecular formula is C15H16N4O2S. The van der Waals surface area contributed by atoms with Crippen molar-refractivity contribution in [3.63, 3.8) is 0 Å². The molecule has 6 nitrogen and oxygen atoms in total. The highest BCUT2D eigenvalue weighted by molar-refractivity contribution is 7.19. The summed E-state index contributed by atoms with van der Waals surface area (Å²) in [7, 11) is 1.93. The predicted molar refractivity (Wildman–Crippen MR) is 85.1 cm³/mol. The molecule has 3 rings (SSSR count). The van der Waals surface area contributed by atoms with Crippen molar-refractivity contribution in [2.75, 3.05) is 5.32 Å². The highest BCUT2D eigenvalue weighted by Gasteiger charge is 2.17. The number of hydrogen-bond donors (Lipinski definition) is 1. The number of aryl methyl sites for hydroxylation is 3. The third-order valence-corrected chi connectivity index (χ3v) is 4.34. The number of aromatic nitrogens is 3. The molecule has 0 bridgehead atoms. The summed E-state index contributed by atoms with van der Waals surface area (Å²) in [5.74, 6) is 1.62. The van der Waals surface area contributed by atoms with E-state index in [1.165, 1.54) is 11.3 Å². The molecule has 3 aromatic rings. The van der Waals surface area contributed by atoms with Crippen molar-refractivity contribution < 1.29 is 9.21 Å². The number of thiazole rings is 1.